The fourth-order valence-corrected chi connectivity index (χ4v) is 3.53. The topological polar surface area (TPSA) is 169 Å². The molecule has 190 valence electrons. The molecule has 0 bridgehead atoms. The molecule has 0 radical (unpaired) electrons. The Morgan fingerprint density at radius 2 is 1.29 bits per heavy atom. The normalized spacial score (nSPS) is 11.6. The molecule has 0 atom stereocenters. The summed E-state index contributed by atoms with van der Waals surface area (Å²) in [6.07, 6.45) is -0.329. The average Bonchev–Trinajstić information content (AvgIpc) is 3.17. The Balaban J connectivity index is 0.000000466. The first-order valence-corrected chi connectivity index (χ1v) is 11.4. The lowest BCUT2D eigenvalue weighted by atomic mass is 9.98. The van der Waals surface area contributed by atoms with E-state index in [1.807, 2.05) is 24.3 Å². The number of fused-ring (bicyclic) bond motifs is 3. The minimum atomic E-state index is -0.496. The van der Waals surface area contributed by atoms with E-state index in [4.69, 9.17) is 31.4 Å². The molecular weight excluding hydrogens is 452 g/mol. The fourth-order valence-electron chi connectivity index (χ4n) is 3.53. The van der Waals surface area contributed by atoms with Gasteiger partial charge in [0, 0.05) is 31.8 Å². The Hall–Kier alpha value is -3.47. The molecule has 3 amide bonds. The summed E-state index contributed by atoms with van der Waals surface area (Å²) >= 11 is 0. The van der Waals surface area contributed by atoms with E-state index in [1.54, 1.807) is 0 Å². The molecule has 0 fully saturated rings. The number of nitrogens with two attached hydrogens (primary N) is 3. The molecule has 2 aromatic rings. The van der Waals surface area contributed by atoms with E-state index in [9.17, 15) is 14.4 Å². The van der Waals surface area contributed by atoms with Crippen molar-refractivity contribution in [3.05, 3.63) is 59.7 Å². The number of carbonyl (C=O) groups excluding carboxylic acids is 3. The van der Waals surface area contributed by atoms with E-state index < -0.39 is 17.9 Å². The third-order valence-electron chi connectivity index (χ3n) is 5.11. The van der Waals surface area contributed by atoms with Gasteiger partial charge < -0.3 is 36.7 Å². The van der Waals surface area contributed by atoms with Gasteiger partial charge in [-0.15, -0.1) is 0 Å². The number of amides is 3. The van der Waals surface area contributed by atoms with Crippen LogP contribution in [0.25, 0.3) is 11.1 Å². The standard InChI is InChI=1S/C21H26N2O4.C4H8N2O2/c22-9-11-25-13-14-26-12-10-23-21(24)27-15-20-18-7-3-1-5-16(18)17-6-2-4-8-19(17)20;5-3(7)1-2-4(6)8/h1-8,20H,9-15,22H2,(H,23,24);1-2H2,(H2,5,7)(H2,6,8). The third-order valence-corrected chi connectivity index (χ3v) is 5.11. The van der Waals surface area contributed by atoms with Gasteiger partial charge in [0.1, 0.15) is 6.61 Å². The van der Waals surface area contributed by atoms with E-state index in [-0.39, 0.29) is 18.8 Å². The van der Waals surface area contributed by atoms with Gasteiger partial charge in [0.25, 0.3) is 0 Å². The lowest BCUT2D eigenvalue weighted by molar-refractivity contribution is -0.123. The first-order chi connectivity index (χ1) is 16.9. The number of hydrogen-bond donors (Lipinski definition) is 4. The summed E-state index contributed by atoms with van der Waals surface area (Å²) in [5.74, 6) is -0.924. The van der Waals surface area contributed by atoms with Crippen LogP contribution in [-0.2, 0) is 23.8 Å². The van der Waals surface area contributed by atoms with Crippen LogP contribution in [0.1, 0.15) is 29.9 Å². The highest BCUT2D eigenvalue weighted by atomic mass is 16.5. The number of nitrogens with one attached hydrogen (secondary N) is 1. The quantitative estimate of drug-likeness (QED) is 0.309. The summed E-state index contributed by atoms with van der Waals surface area (Å²) < 4.78 is 16.0. The summed E-state index contributed by atoms with van der Waals surface area (Å²) in [4.78, 5) is 31.8. The van der Waals surface area contributed by atoms with Crippen molar-refractivity contribution in [2.75, 3.05) is 46.1 Å². The van der Waals surface area contributed by atoms with Gasteiger partial charge in [-0.05, 0) is 22.3 Å². The third kappa shape index (κ3) is 9.73. The molecule has 0 saturated carbocycles. The second kappa shape index (κ2) is 15.4. The highest BCUT2D eigenvalue weighted by Crippen LogP contribution is 2.44. The van der Waals surface area contributed by atoms with Crippen LogP contribution < -0.4 is 22.5 Å². The van der Waals surface area contributed by atoms with Crippen LogP contribution in [0.5, 0.6) is 0 Å². The van der Waals surface area contributed by atoms with Gasteiger partial charge in [-0.3, -0.25) is 9.59 Å². The zero-order valence-electron chi connectivity index (χ0n) is 19.7. The SMILES string of the molecule is NC(=O)CCC(N)=O.NCCOCCOCCNC(=O)OCC1c2ccccc2-c2ccccc21. The number of ether oxygens (including phenoxy) is 3. The highest BCUT2D eigenvalue weighted by molar-refractivity contribution is 5.81. The Morgan fingerprint density at radius 1 is 0.771 bits per heavy atom. The molecule has 0 unspecified atom stereocenters. The van der Waals surface area contributed by atoms with Crippen molar-refractivity contribution in [3.63, 3.8) is 0 Å². The Kier molecular flexibility index (Phi) is 12.2. The molecule has 35 heavy (non-hydrogen) atoms. The summed E-state index contributed by atoms with van der Waals surface area (Å²) in [6.45, 7) is 3.14. The number of rotatable bonds is 13. The predicted molar refractivity (Wildman–Crippen MR) is 131 cm³/mol. The van der Waals surface area contributed by atoms with Crippen LogP contribution >= 0.6 is 0 Å². The van der Waals surface area contributed by atoms with Crippen LogP contribution in [0.15, 0.2) is 48.5 Å². The van der Waals surface area contributed by atoms with Crippen LogP contribution in [0.2, 0.25) is 0 Å². The predicted octanol–water partition coefficient (Wildman–Crippen LogP) is 1.25. The van der Waals surface area contributed by atoms with Crippen molar-refractivity contribution in [1.82, 2.24) is 5.32 Å². The van der Waals surface area contributed by atoms with Gasteiger partial charge in [0.2, 0.25) is 11.8 Å². The lowest BCUT2D eigenvalue weighted by Crippen LogP contribution is -2.29. The molecule has 0 heterocycles. The first-order valence-electron chi connectivity index (χ1n) is 11.4. The van der Waals surface area contributed by atoms with Crippen molar-refractivity contribution in [2.24, 2.45) is 17.2 Å². The summed E-state index contributed by atoms with van der Waals surface area (Å²) in [6, 6.07) is 16.5. The van der Waals surface area contributed by atoms with Gasteiger partial charge in [-0.1, -0.05) is 48.5 Å². The van der Waals surface area contributed by atoms with Gasteiger partial charge in [-0.2, -0.15) is 0 Å². The first kappa shape index (κ1) is 27.8. The molecule has 0 saturated heterocycles. The van der Waals surface area contributed by atoms with Crippen LogP contribution in [0.4, 0.5) is 4.79 Å². The van der Waals surface area contributed by atoms with E-state index in [0.717, 1.165) is 0 Å². The monoisotopic (exact) mass is 486 g/mol. The van der Waals surface area contributed by atoms with Crippen LogP contribution in [0, 0.1) is 0 Å². The molecule has 7 N–H and O–H groups in total. The molecule has 1 aliphatic carbocycles. The van der Waals surface area contributed by atoms with Crippen molar-refractivity contribution in [3.8, 4) is 11.1 Å². The lowest BCUT2D eigenvalue weighted by Gasteiger charge is -2.14. The fraction of sp³-hybridized carbons (Fsp3) is 0.400. The molecular formula is C25H34N4O6. The largest absolute Gasteiger partial charge is 0.449 e. The zero-order valence-corrected chi connectivity index (χ0v) is 19.7. The maximum Gasteiger partial charge on any atom is 0.407 e. The minimum Gasteiger partial charge on any atom is -0.449 e. The second-order valence-electron chi connectivity index (χ2n) is 7.70. The molecule has 0 aliphatic heterocycles. The summed E-state index contributed by atoms with van der Waals surface area (Å²) in [7, 11) is 0. The van der Waals surface area contributed by atoms with E-state index >= 15 is 0 Å². The van der Waals surface area contributed by atoms with Crippen LogP contribution in [0.3, 0.4) is 0 Å². The van der Waals surface area contributed by atoms with E-state index in [2.05, 4.69) is 29.6 Å². The number of benzene rings is 2. The Bertz CT molecular complexity index is 909. The maximum atomic E-state index is 12.0. The molecule has 10 heteroatoms. The molecule has 10 nitrogen and oxygen atoms in total. The highest BCUT2D eigenvalue weighted by Gasteiger charge is 2.28. The summed E-state index contributed by atoms with van der Waals surface area (Å²) in [5, 5.41) is 2.71. The molecule has 0 aromatic heterocycles. The maximum absolute atomic E-state index is 12.0. The zero-order chi connectivity index (χ0) is 25.5. The second-order valence-corrected chi connectivity index (χ2v) is 7.70. The number of carbonyl (C=O) groups is 3. The molecule has 0 spiro atoms. The van der Waals surface area contributed by atoms with Crippen molar-refractivity contribution < 1.29 is 28.6 Å². The van der Waals surface area contributed by atoms with Gasteiger partial charge in [0.15, 0.2) is 0 Å². The molecule has 2 aromatic carbocycles. The van der Waals surface area contributed by atoms with E-state index in [1.165, 1.54) is 22.3 Å². The smallest absolute Gasteiger partial charge is 0.407 e. The van der Waals surface area contributed by atoms with Gasteiger partial charge in [-0.25, -0.2) is 4.79 Å². The molecule has 1 aliphatic rings. The van der Waals surface area contributed by atoms with Crippen molar-refractivity contribution in [1.29, 1.82) is 0 Å². The number of alkyl carbamates (subject to hydrolysis) is 1. The number of primary amides is 2. The summed E-state index contributed by atoms with van der Waals surface area (Å²) in [5.41, 5.74) is 19.5. The van der Waals surface area contributed by atoms with Gasteiger partial charge in [0.05, 0.1) is 26.4 Å². The van der Waals surface area contributed by atoms with Gasteiger partial charge >= 0.3 is 6.09 Å². The van der Waals surface area contributed by atoms with E-state index in [0.29, 0.717) is 46.1 Å². The Morgan fingerprint density at radius 3 is 1.80 bits per heavy atom. The number of hydrogen-bond acceptors (Lipinski definition) is 7. The van der Waals surface area contributed by atoms with Crippen molar-refractivity contribution in [2.45, 2.75) is 18.8 Å². The Labute approximate surface area is 205 Å². The van der Waals surface area contributed by atoms with Crippen molar-refractivity contribution >= 4 is 17.9 Å². The minimum absolute atomic E-state index is 0.0509. The van der Waals surface area contributed by atoms with Crippen LogP contribution in [-0.4, -0.2) is 64.0 Å². The molecule has 3 rings (SSSR count). The average molecular weight is 487 g/mol.